The highest BCUT2D eigenvalue weighted by molar-refractivity contribution is 5.93. The zero-order chi connectivity index (χ0) is 18.6. The highest BCUT2D eigenvalue weighted by Gasteiger charge is 2.04. The van der Waals surface area contributed by atoms with Crippen molar-refractivity contribution in [1.82, 2.24) is 20.9 Å². The third kappa shape index (κ3) is 7.34. The van der Waals surface area contributed by atoms with Crippen molar-refractivity contribution in [1.29, 1.82) is 0 Å². The molecule has 0 aliphatic heterocycles. The number of hydrogen-bond acceptors (Lipinski definition) is 3. The summed E-state index contributed by atoms with van der Waals surface area (Å²) in [5, 5.41) is 8.54. The number of nitrogens with zero attached hydrogens (tertiary/aromatic N) is 1. The van der Waals surface area contributed by atoms with Crippen LogP contribution in [0.15, 0.2) is 48.7 Å². The molecule has 0 spiro atoms. The van der Waals surface area contributed by atoms with E-state index in [9.17, 15) is 9.59 Å². The normalized spacial score (nSPS) is 10.2. The molecule has 0 radical (unpaired) electrons. The van der Waals surface area contributed by atoms with E-state index in [1.54, 1.807) is 12.3 Å². The van der Waals surface area contributed by atoms with Crippen LogP contribution in [0.5, 0.6) is 0 Å². The minimum absolute atomic E-state index is 0.101. The van der Waals surface area contributed by atoms with Crippen molar-refractivity contribution >= 4 is 11.9 Å². The maximum absolute atomic E-state index is 11.9. The Kier molecular flexibility index (Phi) is 8.12. The van der Waals surface area contributed by atoms with Crippen LogP contribution in [0.25, 0.3) is 0 Å². The fraction of sp³-hybridized carbons (Fsp3) is 0.350. The number of aromatic nitrogens is 1. The lowest BCUT2D eigenvalue weighted by atomic mass is 10.2. The molecule has 6 heteroatoms. The molecule has 0 saturated heterocycles. The summed E-state index contributed by atoms with van der Waals surface area (Å²) < 4.78 is 0. The second-order valence-corrected chi connectivity index (χ2v) is 6.10. The first-order valence-corrected chi connectivity index (χ1v) is 8.91. The van der Waals surface area contributed by atoms with Gasteiger partial charge in [0.1, 0.15) is 0 Å². The van der Waals surface area contributed by atoms with Crippen LogP contribution in [0.4, 0.5) is 4.79 Å². The van der Waals surface area contributed by atoms with Gasteiger partial charge in [-0.25, -0.2) is 4.79 Å². The van der Waals surface area contributed by atoms with E-state index in [1.165, 1.54) is 0 Å². The third-order valence-electron chi connectivity index (χ3n) is 3.89. The predicted molar refractivity (Wildman–Crippen MR) is 102 cm³/mol. The Hall–Kier alpha value is -2.89. The first-order valence-electron chi connectivity index (χ1n) is 8.91. The van der Waals surface area contributed by atoms with Crippen LogP contribution in [0.3, 0.4) is 0 Å². The van der Waals surface area contributed by atoms with E-state index >= 15 is 0 Å². The predicted octanol–water partition coefficient (Wildman–Crippen LogP) is 2.79. The van der Waals surface area contributed by atoms with Crippen LogP contribution < -0.4 is 16.0 Å². The van der Waals surface area contributed by atoms with Gasteiger partial charge in [0, 0.05) is 31.5 Å². The Labute approximate surface area is 154 Å². The standard InChI is InChI=1S/C20H26N4O2/c1-16-10-11-18(15-23-16)19(25)21-12-6-3-7-13-22-20(26)24-14-17-8-4-2-5-9-17/h2,4-5,8-11,15H,3,6-7,12-14H2,1H3,(H,21,25)(H2,22,24,26). The number of hydrogen-bond donors (Lipinski definition) is 3. The van der Waals surface area contributed by atoms with Gasteiger partial charge < -0.3 is 16.0 Å². The van der Waals surface area contributed by atoms with Crippen LogP contribution in [-0.2, 0) is 6.54 Å². The van der Waals surface area contributed by atoms with Crippen LogP contribution in [0, 0.1) is 6.92 Å². The number of carbonyl (C=O) groups excluding carboxylic acids is 2. The minimum Gasteiger partial charge on any atom is -0.352 e. The maximum Gasteiger partial charge on any atom is 0.315 e. The van der Waals surface area contributed by atoms with Gasteiger partial charge in [-0.15, -0.1) is 0 Å². The second kappa shape index (κ2) is 10.9. The van der Waals surface area contributed by atoms with Crippen molar-refractivity contribution in [2.24, 2.45) is 0 Å². The monoisotopic (exact) mass is 354 g/mol. The molecule has 0 unspecified atom stereocenters. The molecule has 1 aromatic heterocycles. The average molecular weight is 354 g/mol. The Morgan fingerprint density at radius 2 is 1.62 bits per heavy atom. The summed E-state index contributed by atoms with van der Waals surface area (Å²) >= 11 is 0. The first-order chi connectivity index (χ1) is 12.6. The molecule has 3 N–H and O–H groups in total. The molecule has 2 rings (SSSR count). The molecular weight excluding hydrogens is 328 g/mol. The quantitative estimate of drug-likeness (QED) is 0.606. The topological polar surface area (TPSA) is 83.1 Å². The second-order valence-electron chi connectivity index (χ2n) is 6.10. The number of rotatable bonds is 9. The van der Waals surface area contributed by atoms with Crippen LogP contribution in [0.2, 0.25) is 0 Å². The Morgan fingerprint density at radius 1 is 0.885 bits per heavy atom. The lowest BCUT2D eigenvalue weighted by Gasteiger charge is -2.08. The lowest BCUT2D eigenvalue weighted by Crippen LogP contribution is -2.35. The highest BCUT2D eigenvalue weighted by Crippen LogP contribution is 2.00. The fourth-order valence-electron chi connectivity index (χ4n) is 2.38. The molecule has 0 aliphatic rings. The molecule has 1 aromatic carbocycles. The molecule has 26 heavy (non-hydrogen) atoms. The van der Waals surface area contributed by atoms with E-state index in [0.29, 0.717) is 25.2 Å². The molecule has 0 bridgehead atoms. The van der Waals surface area contributed by atoms with Gasteiger partial charge in [0.05, 0.1) is 5.56 Å². The molecule has 0 saturated carbocycles. The number of nitrogens with one attached hydrogen (secondary N) is 3. The Morgan fingerprint density at radius 3 is 2.31 bits per heavy atom. The van der Waals surface area contributed by atoms with Crippen molar-refractivity contribution < 1.29 is 9.59 Å². The summed E-state index contributed by atoms with van der Waals surface area (Å²) in [5.74, 6) is -0.101. The largest absolute Gasteiger partial charge is 0.352 e. The molecule has 1 heterocycles. The van der Waals surface area contributed by atoms with Crippen molar-refractivity contribution in [2.45, 2.75) is 32.7 Å². The van der Waals surface area contributed by atoms with Gasteiger partial charge in [-0.2, -0.15) is 0 Å². The van der Waals surface area contributed by atoms with E-state index in [2.05, 4.69) is 20.9 Å². The van der Waals surface area contributed by atoms with Gasteiger partial charge in [-0.1, -0.05) is 30.3 Å². The molecular formula is C20H26N4O2. The van der Waals surface area contributed by atoms with Crippen molar-refractivity contribution in [3.8, 4) is 0 Å². The molecule has 138 valence electrons. The van der Waals surface area contributed by atoms with Crippen LogP contribution >= 0.6 is 0 Å². The fourth-order valence-corrected chi connectivity index (χ4v) is 2.38. The number of benzene rings is 1. The molecule has 0 fully saturated rings. The summed E-state index contributed by atoms with van der Waals surface area (Å²) in [4.78, 5) is 27.7. The van der Waals surface area contributed by atoms with Gasteiger partial charge in [0.25, 0.3) is 5.91 Å². The van der Waals surface area contributed by atoms with Crippen molar-refractivity contribution in [2.75, 3.05) is 13.1 Å². The van der Waals surface area contributed by atoms with E-state index < -0.39 is 0 Å². The summed E-state index contributed by atoms with van der Waals surface area (Å²) in [6, 6.07) is 13.2. The molecule has 6 nitrogen and oxygen atoms in total. The van der Waals surface area contributed by atoms with E-state index in [1.807, 2.05) is 43.3 Å². The summed E-state index contributed by atoms with van der Waals surface area (Å²) in [7, 11) is 0. The highest BCUT2D eigenvalue weighted by atomic mass is 16.2. The number of pyridine rings is 1. The number of amides is 3. The van der Waals surface area contributed by atoms with Gasteiger partial charge in [-0.05, 0) is 43.9 Å². The summed E-state index contributed by atoms with van der Waals surface area (Å²) in [6.07, 6.45) is 4.27. The molecule has 0 atom stereocenters. The first kappa shape index (κ1) is 19.4. The summed E-state index contributed by atoms with van der Waals surface area (Å²) in [6.45, 7) is 3.65. The van der Waals surface area contributed by atoms with E-state index in [4.69, 9.17) is 0 Å². The number of carbonyl (C=O) groups is 2. The number of aryl methyl sites for hydroxylation is 1. The van der Waals surface area contributed by atoms with Gasteiger partial charge in [0.2, 0.25) is 0 Å². The average Bonchev–Trinajstić information content (AvgIpc) is 2.67. The lowest BCUT2D eigenvalue weighted by molar-refractivity contribution is 0.0952. The minimum atomic E-state index is -0.158. The maximum atomic E-state index is 11.9. The van der Waals surface area contributed by atoms with Crippen LogP contribution in [0.1, 0.15) is 40.9 Å². The van der Waals surface area contributed by atoms with Gasteiger partial charge in [-0.3, -0.25) is 9.78 Å². The zero-order valence-electron chi connectivity index (χ0n) is 15.1. The third-order valence-corrected chi connectivity index (χ3v) is 3.89. The SMILES string of the molecule is Cc1ccc(C(=O)NCCCCCNC(=O)NCc2ccccc2)cn1. The zero-order valence-corrected chi connectivity index (χ0v) is 15.1. The molecule has 3 amide bonds. The Bertz CT molecular complexity index is 687. The van der Waals surface area contributed by atoms with Gasteiger partial charge in [0.15, 0.2) is 0 Å². The number of urea groups is 1. The van der Waals surface area contributed by atoms with Crippen LogP contribution in [-0.4, -0.2) is 30.0 Å². The smallest absolute Gasteiger partial charge is 0.315 e. The molecule has 0 aliphatic carbocycles. The van der Waals surface area contributed by atoms with E-state index in [0.717, 1.165) is 30.5 Å². The van der Waals surface area contributed by atoms with Gasteiger partial charge >= 0.3 is 6.03 Å². The molecule has 2 aromatic rings. The van der Waals surface area contributed by atoms with Crippen molar-refractivity contribution in [3.63, 3.8) is 0 Å². The number of unbranched alkanes of at least 4 members (excludes halogenated alkanes) is 2. The Balaban J connectivity index is 1.48. The summed E-state index contributed by atoms with van der Waals surface area (Å²) in [5.41, 5.74) is 2.54. The van der Waals surface area contributed by atoms with Crippen molar-refractivity contribution in [3.05, 3.63) is 65.5 Å². The van der Waals surface area contributed by atoms with E-state index in [-0.39, 0.29) is 11.9 Å².